The normalized spacial score (nSPS) is 12.8. The lowest BCUT2D eigenvalue weighted by Crippen LogP contribution is -2.33. The average molecular weight is 362 g/mol. The van der Waals surface area contributed by atoms with Gasteiger partial charge in [-0.3, -0.25) is 9.00 Å². The zero-order valence-corrected chi connectivity index (χ0v) is 16.4. The van der Waals surface area contributed by atoms with E-state index in [-0.39, 0.29) is 17.1 Å². The molecule has 136 valence electrons. The monoisotopic (exact) mass is 361 g/mol. The Kier molecular flexibility index (Phi) is 6.16. The molecule has 0 aliphatic heterocycles. The Labute approximate surface area is 152 Å². The molecule has 0 saturated carbocycles. The molecule has 1 unspecified atom stereocenters. The van der Waals surface area contributed by atoms with Gasteiger partial charge in [-0.25, -0.2) is 4.68 Å². The third-order valence-corrected chi connectivity index (χ3v) is 6.01. The maximum atomic E-state index is 12.2. The molecule has 1 heterocycles. The number of amides is 1. The van der Waals surface area contributed by atoms with E-state index in [1.807, 2.05) is 69.6 Å². The average Bonchev–Trinajstić information content (AvgIpc) is 2.83. The highest BCUT2D eigenvalue weighted by atomic mass is 32.2. The first-order valence-electron chi connectivity index (χ1n) is 8.46. The number of nitrogens with one attached hydrogen (secondary N) is 1. The third kappa shape index (κ3) is 5.01. The third-order valence-electron chi connectivity index (χ3n) is 4.07. The number of nitrogens with zero attached hydrogens (tertiary/aromatic N) is 2. The van der Waals surface area contributed by atoms with Crippen molar-refractivity contribution in [2.45, 2.75) is 45.8 Å². The topological polar surface area (TPSA) is 64.0 Å². The first kappa shape index (κ1) is 19.4. The first-order valence-corrected chi connectivity index (χ1v) is 9.77. The molecule has 2 rings (SSSR count). The fourth-order valence-corrected chi connectivity index (χ4v) is 3.46. The molecule has 0 bridgehead atoms. The maximum Gasteiger partial charge on any atom is 0.224 e. The highest BCUT2D eigenvalue weighted by molar-refractivity contribution is 7.86. The molecule has 1 aromatic heterocycles. The van der Waals surface area contributed by atoms with Gasteiger partial charge in [0.2, 0.25) is 5.91 Å². The van der Waals surface area contributed by atoms with Crippen molar-refractivity contribution >= 4 is 16.7 Å². The van der Waals surface area contributed by atoms with Crippen LogP contribution in [-0.4, -0.2) is 36.9 Å². The highest BCUT2D eigenvalue weighted by Gasteiger charge is 2.19. The van der Waals surface area contributed by atoms with Crippen LogP contribution in [0.25, 0.3) is 5.69 Å². The number of rotatable bonds is 6. The van der Waals surface area contributed by atoms with Crippen molar-refractivity contribution in [2.24, 2.45) is 0 Å². The maximum absolute atomic E-state index is 12.2. The van der Waals surface area contributed by atoms with E-state index in [1.165, 1.54) is 0 Å². The molecular weight excluding hydrogens is 334 g/mol. The SMILES string of the molecule is Cc1nn(-c2ccccc2)c(C)c1CC(=O)NCCS(=O)C(C)(C)C. The van der Waals surface area contributed by atoms with E-state index in [0.29, 0.717) is 12.3 Å². The zero-order chi connectivity index (χ0) is 18.6. The van der Waals surface area contributed by atoms with Crippen LogP contribution >= 0.6 is 0 Å². The van der Waals surface area contributed by atoms with E-state index in [1.54, 1.807) is 0 Å². The number of aromatic nitrogens is 2. The van der Waals surface area contributed by atoms with Crippen molar-refractivity contribution < 1.29 is 9.00 Å². The summed E-state index contributed by atoms with van der Waals surface area (Å²) in [6, 6.07) is 9.88. The fraction of sp³-hybridized carbons (Fsp3) is 0.474. The van der Waals surface area contributed by atoms with Gasteiger partial charge in [-0.05, 0) is 46.8 Å². The minimum absolute atomic E-state index is 0.0651. The van der Waals surface area contributed by atoms with Crippen molar-refractivity contribution in [3.63, 3.8) is 0 Å². The van der Waals surface area contributed by atoms with E-state index < -0.39 is 10.8 Å². The fourth-order valence-electron chi connectivity index (χ4n) is 2.56. The van der Waals surface area contributed by atoms with E-state index in [2.05, 4.69) is 10.4 Å². The first-order chi connectivity index (χ1) is 11.7. The number of hydrogen-bond acceptors (Lipinski definition) is 3. The second-order valence-corrected chi connectivity index (χ2v) is 9.41. The Bertz CT molecular complexity index is 761. The molecule has 25 heavy (non-hydrogen) atoms. The van der Waals surface area contributed by atoms with E-state index in [4.69, 9.17) is 0 Å². The van der Waals surface area contributed by atoms with Crippen LogP contribution in [0.4, 0.5) is 0 Å². The number of aryl methyl sites for hydroxylation is 1. The Balaban J connectivity index is 2.00. The van der Waals surface area contributed by atoms with Gasteiger partial charge in [0.25, 0.3) is 0 Å². The summed E-state index contributed by atoms with van der Waals surface area (Å²) in [6.07, 6.45) is 0.284. The standard InChI is InChI=1S/C19H27N3O2S/c1-14-17(13-18(23)20-11-12-25(24)19(3,4)5)15(2)22(21-14)16-9-7-6-8-10-16/h6-10H,11-13H2,1-5H3,(H,20,23). The molecule has 1 atom stereocenters. The lowest BCUT2D eigenvalue weighted by Gasteiger charge is -2.17. The molecule has 1 N–H and O–H groups in total. The van der Waals surface area contributed by atoms with Crippen LogP contribution in [0.15, 0.2) is 30.3 Å². The largest absolute Gasteiger partial charge is 0.355 e. The van der Waals surface area contributed by atoms with E-state index in [0.717, 1.165) is 22.6 Å². The number of para-hydroxylation sites is 1. The number of hydrogen-bond donors (Lipinski definition) is 1. The molecule has 6 heteroatoms. The van der Waals surface area contributed by atoms with Gasteiger partial charge in [0.15, 0.2) is 0 Å². The van der Waals surface area contributed by atoms with Gasteiger partial charge in [-0.15, -0.1) is 0 Å². The van der Waals surface area contributed by atoms with Crippen molar-refractivity contribution in [3.8, 4) is 5.69 Å². The zero-order valence-electron chi connectivity index (χ0n) is 15.6. The molecule has 1 amide bonds. The van der Waals surface area contributed by atoms with Crippen LogP contribution in [0.3, 0.4) is 0 Å². The van der Waals surface area contributed by atoms with Crippen molar-refractivity contribution in [3.05, 3.63) is 47.3 Å². The predicted molar refractivity (Wildman–Crippen MR) is 103 cm³/mol. The van der Waals surface area contributed by atoms with Crippen LogP contribution in [0.2, 0.25) is 0 Å². The molecule has 0 radical (unpaired) electrons. The molecule has 1 aromatic carbocycles. The van der Waals surface area contributed by atoms with Crippen molar-refractivity contribution in [1.82, 2.24) is 15.1 Å². The van der Waals surface area contributed by atoms with Gasteiger partial charge in [-0.2, -0.15) is 5.10 Å². The quantitative estimate of drug-likeness (QED) is 0.860. The van der Waals surface area contributed by atoms with Crippen molar-refractivity contribution in [1.29, 1.82) is 0 Å². The van der Waals surface area contributed by atoms with Gasteiger partial charge in [0.1, 0.15) is 0 Å². The summed E-state index contributed by atoms with van der Waals surface area (Å²) < 4.78 is 13.6. The molecular formula is C19H27N3O2S. The summed E-state index contributed by atoms with van der Waals surface area (Å²) in [5, 5.41) is 7.43. The number of benzene rings is 1. The van der Waals surface area contributed by atoms with Crippen LogP contribution in [0, 0.1) is 13.8 Å². The van der Waals surface area contributed by atoms with Gasteiger partial charge in [0, 0.05) is 39.1 Å². The van der Waals surface area contributed by atoms with E-state index >= 15 is 0 Å². The van der Waals surface area contributed by atoms with Crippen LogP contribution < -0.4 is 5.32 Å². The minimum Gasteiger partial charge on any atom is -0.355 e. The second kappa shape index (κ2) is 7.95. The van der Waals surface area contributed by atoms with Gasteiger partial charge >= 0.3 is 0 Å². The lowest BCUT2D eigenvalue weighted by atomic mass is 10.1. The molecule has 2 aromatic rings. The Hall–Kier alpha value is -1.95. The summed E-state index contributed by atoms with van der Waals surface area (Å²) in [4.78, 5) is 12.2. The molecule has 0 aliphatic rings. The highest BCUT2D eigenvalue weighted by Crippen LogP contribution is 2.18. The summed E-state index contributed by atoms with van der Waals surface area (Å²) >= 11 is 0. The summed E-state index contributed by atoms with van der Waals surface area (Å²) in [7, 11) is -0.961. The Morgan fingerprint density at radius 1 is 1.20 bits per heavy atom. The van der Waals surface area contributed by atoms with Crippen molar-refractivity contribution in [2.75, 3.05) is 12.3 Å². The molecule has 5 nitrogen and oxygen atoms in total. The van der Waals surface area contributed by atoms with Gasteiger partial charge in [-0.1, -0.05) is 18.2 Å². The van der Waals surface area contributed by atoms with Crippen LogP contribution in [0.1, 0.15) is 37.7 Å². The Morgan fingerprint density at radius 2 is 1.84 bits per heavy atom. The summed E-state index contributed by atoms with van der Waals surface area (Å²) in [6.45, 7) is 10.1. The van der Waals surface area contributed by atoms with E-state index in [9.17, 15) is 9.00 Å². The second-order valence-electron chi connectivity index (χ2n) is 7.09. The molecule has 0 aliphatic carbocycles. The molecule has 0 saturated heterocycles. The Morgan fingerprint density at radius 3 is 2.44 bits per heavy atom. The van der Waals surface area contributed by atoms with Crippen LogP contribution in [-0.2, 0) is 22.0 Å². The number of carbonyl (C=O) groups excluding carboxylic acids is 1. The molecule has 0 fully saturated rings. The number of carbonyl (C=O) groups is 1. The van der Waals surface area contributed by atoms with Crippen LogP contribution in [0.5, 0.6) is 0 Å². The molecule has 0 spiro atoms. The summed E-state index contributed by atoms with van der Waals surface area (Å²) in [5.41, 5.74) is 3.75. The lowest BCUT2D eigenvalue weighted by molar-refractivity contribution is -0.120. The summed E-state index contributed by atoms with van der Waals surface area (Å²) in [5.74, 6) is 0.404. The minimum atomic E-state index is -0.961. The van der Waals surface area contributed by atoms with Gasteiger partial charge in [0.05, 0.1) is 17.8 Å². The predicted octanol–water partition coefficient (Wildman–Crippen LogP) is 2.70. The smallest absolute Gasteiger partial charge is 0.224 e. The van der Waals surface area contributed by atoms with Gasteiger partial charge < -0.3 is 5.32 Å².